The molecule has 0 aliphatic rings. The molecular weight excluding hydrogens is 622 g/mol. The zero-order chi connectivity index (χ0) is 37.5. The summed E-state index contributed by atoms with van der Waals surface area (Å²) >= 11 is 0. The first-order chi connectivity index (χ1) is 22.0. The Bertz CT molecular complexity index is 1060. The molecule has 0 bridgehead atoms. The summed E-state index contributed by atoms with van der Waals surface area (Å²) in [6, 6.07) is -4.61. The van der Waals surface area contributed by atoms with E-state index in [2.05, 4.69) is 26.6 Å². The number of hydrogen-bond acceptors (Lipinski definition) is 8. The molecule has 7 atom stereocenters. The first-order valence-corrected chi connectivity index (χ1v) is 17.1. The molecule has 0 heterocycles. The standard InChI is InChI=1S/C34H63N5O9/c1-17(2)12-23(37-33(47)31(21(9)10)39-34(48)30(20(7)8)38-27(42)14-19(5)6)25(40)15-28(43)35-22(11)32(46)36-24(13-18(3)4)26(41)16-29(44)45/h17-26,30-31,40-41H,12-16H2,1-11H3,(H,35,43)(H,36,46)(H,37,47)(H,38,42)(H,39,48)(H,44,45)/t22-,23+,24-,25-,26+,30-,31-/m1/s1. The molecule has 0 aliphatic heterocycles. The molecule has 48 heavy (non-hydrogen) atoms. The van der Waals surface area contributed by atoms with Crippen LogP contribution in [0.25, 0.3) is 0 Å². The van der Waals surface area contributed by atoms with E-state index in [1.807, 2.05) is 41.5 Å². The molecule has 0 aromatic rings. The van der Waals surface area contributed by atoms with Gasteiger partial charge in [0.05, 0.1) is 37.1 Å². The van der Waals surface area contributed by atoms with Crippen molar-refractivity contribution in [2.45, 2.75) is 151 Å². The van der Waals surface area contributed by atoms with E-state index in [-0.39, 0.29) is 41.9 Å². The van der Waals surface area contributed by atoms with Gasteiger partial charge < -0.3 is 41.9 Å². The second-order valence-corrected chi connectivity index (χ2v) is 14.8. The summed E-state index contributed by atoms with van der Waals surface area (Å²) in [4.78, 5) is 75.9. The van der Waals surface area contributed by atoms with Gasteiger partial charge in [0.15, 0.2) is 0 Å². The molecule has 0 radical (unpaired) electrons. The van der Waals surface area contributed by atoms with Gasteiger partial charge >= 0.3 is 5.97 Å². The quantitative estimate of drug-likeness (QED) is 0.0825. The minimum atomic E-state index is -1.33. The van der Waals surface area contributed by atoms with Gasteiger partial charge in [-0.3, -0.25) is 28.8 Å². The van der Waals surface area contributed by atoms with Gasteiger partial charge in [-0.05, 0) is 49.4 Å². The molecule has 14 heteroatoms. The monoisotopic (exact) mass is 685 g/mol. The molecule has 0 aromatic heterocycles. The van der Waals surface area contributed by atoms with Crippen molar-refractivity contribution in [1.82, 2.24) is 26.6 Å². The largest absolute Gasteiger partial charge is 0.481 e. The first-order valence-electron chi connectivity index (χ1n) is 17.1. The number of rotatable bonds is 22. The van der Waals surface area contributed by atoms with Crippen LogP contribution in [0, 0.1) is 29.6 Å². The van der Waals surface area contributed by atoms with Crippen molar-refractivity contribution in [1.29, 1.82) is 0 Å². The van der Waals surface area contributed by atoms with Crippen molar-refractivity contribution in [3.8, 4) is 0 Å². The summed E-state index contributed by atoms with van der Waals surface area (Å²) < 4.78 is 0. The van der Waals surface area contributed by atoms with Gasteiger partial charge in [0, 0.05) is 6.42 Å². The predicted molar refractivity (Wildman–Crippen MR) is 182 cm³/mol. The van der Waals surface area contributed by atoms with Crippen LogP contribution in [0.15, 0.2) is 0 Å². The molecule has 0 unspecified atom stereocenters. The van der Waals surface area contributed by atoms with Crippen molar-refractivity contribution >= 4 is 35.5 Å². The van der Waals surface area contributed by atoms with Crippen LogP contribution >= 0.6 is 0 Å². The number of amides is 5. The molecule has 0 aliphatic carbocycles. The van der Waals surface area contributed by atoms with E-state index in [4.69, 9.17) is 5.11 Å². The van der Waals surface area contributed by atoms with Gasteiger partial charge in [-0.1, -0.05) is 69.2 Å². The Morgan fingerprint density at radius 2 is 0.875 bits per heavy atom. The minimum absolute atomic E-state index is 0.0152. The number of aliphatic hydroxyl groups is 2. The highest BCUT2D eigenvalue weighted by Gasteiger charge is 2.34. The number of hydrogen-bond donors (Lipinski definition) is 8. The van der Waals surface area contributed by atoms with Crippen LogP contribution in [0.3, 0.4) is 0 Å². The van der Waals surface area contributed by atoms with Gasteiger partial charge in [0.1, 0.15) is 18.1 Å². The van der Waals surface area contributed by atoms with Gasteiger partial charge in [0.25, 0.3) is 0 Å². The van der Waals surface area contributed by atoms with Gasteiger partial charge in [-0.25, -0.2) is 0 Å². The molecule has 0 fully saturated rings. The average molecular weight is 686 g/mol. The van der Waals surface area contributed by atoms with E-state index < -0.39 is 84.9 Å². The highest BCUT2D eigenvalue weighted by atomic mass is 16.4. The number of carbonyl (C=O) groups excluding carboxylic acids is 5. The normalized spacial score (nSPS) is 16.1. The number of carbonyl (C=O) groups is 6. The maximum Gasteiger partial charge on any atom is 0.306 e. The van der Waals surface area contributed by atoms with E-state index in [9.17, 15) is 39.0 Å². The number of nitrogens with one attached hydrogen (secondary N) is 5. The molecule has 8 N–H and O–H groups in total. The summed E-state index contributed by atoms with van der Waals surface area (Å²) in [7, 11) is 0. The molecule has 0 aromatic carbocycles. The highest BCUT2D eigenvalue weighted by Crippen LogP contribution is 2.15. The maximum absolute atomic E-state index is 13.5. The summed E-state index contributed by atoms with van der Waals surface area (Å²) in [5.74, 6) is -4.25. The molecule has 278 valence electrons. The molecule has 0 saturated carbocycles. The summed E-state index contributed by atoms with van der Waals surface area (Å²) in [6.07, 6.45) is -2.76. The third-order valence-corrected chi connectivity index (χ3v) is 7.69. The fourth-order valence-electron chi connectivity index (χ4n) is 5.16. The molecule has 0 spiro atoms. The van der Waals surface area contributed by atoms with Crippen LogP contribution < -0.4 is 26.6 Å². The lowest BCUT2D eigenvalue weighted by molar-refractivity contribution is -0.140. The van der Waals surface area contributed by atoms with Crippen LogP contribution in [-0.2, 0) is 28.8 Å². The molecular formula is C34H63N5O9. The molecule has 0 rings (SSSR count). The van der Waals surface area contributed by atoms with E-state index >= 15 is 0 Å². The Kier molecular flexibility index (Phi) is 20.2. The summed E-state index contributed by atoms with van der Waals surface area (Å²) in [5, 5.41) is 43.9. The molecule has 0 saturated heterocycles. The summed E-state index contributed by atoms with van der Waals surface area (Å²) in [5.41, 5.74) is 0. The van der Waals surface area contributed by atoms with Crippen molar-refractivity contribution < 1.29 is 44.1 Å². The Morgan fingerprint density at radius 1 is 0.479 bits per heavy atom. The SMILES string of the molecule is CC(C)CC(=O)N[C@@H](C(=O)N[C@@H](C(=O)N[C@@H](CC(C)C)[C@H](O)CC(=O)N[C@H](C)C(=O)N[C@H](CC(C)C)[C@@H](O)CC(=O)O)C(C)C)C(C)C. The number of carboxylic acids is 1. The van der Waals surface area contributed by atoms with E-state index in [1.165, 1.54) is 6.92 Å². The number of aliphatic carboxylic acids is 1. The lowest BCUT2D eigenvalue weighted by Crippen LogP contribution is -2.59. The minimum Gasteiger partial charge on any atom is -0.481 e. The van der Waals surface area contributed by atoms with E-state index in [0.717, 1.165) is 0 Å². The van der Waals surface area contributed by atoms with Crippen molar-refractivity contribution in [3.05, 3.63) is 0 Å². The summed E-state index contributed by atoms with van der Waals surface area (Å²) in [6.45, 7) is 19.8. The predicted octanol–water partition coefficient (Wildman–Crippen LogP) is 1.47. The van der Waals surface area contributed by atoms with E-state index in [0.29, 0.717) is 12.8 Å². The highest BCUT2D eigenvalue weighted by molar-refractivity contribution is 5.92. The molecule has 14 nitrogen and oxygen atoms in total. The van der Waals surface area contributed by atoms with Crippen LogP contribution in [-0.4, -0.2) is 93.2 Å². The lowest BCUT2D eigenvalue weighted by atomic mass is 9.95. The molecule has 5 amide bonds. The number of carboxylic acid groups (broad SMARTS) is 1. The van der Waals surface area contributed by atoms with Crippen LogP contribution in [0.5, 0.6) is 0 Å². The fourth-order valence-corrected chi connectivity index (χ4v) is 5.16. The van der Waals surface area contributed by atoms with Gasteiger partial charge in [-0.15, -0.1) is 0 Å². The zero-order valence-corrected chi connectivity index (χ0v) is 30.8. The van der Waals surface area contributed by atoms with Crippen molar-refractivity contribution in [2.24, 2.45) is 29.6 Å². The van der Waals surface area contributed by atoms with Crippen LogP contribution in [0.2, 0.25) is 0 Å². The van der Waals surface area contributed by atoms with Crippen LogP contribution in [0.4, 0.5) is 0 Å². The third kappa shape index (κ3) is 17.8. The van der Waals surface area contributed by atoms with Gasteiger partial charge in [-0.2, -0.15) is 0 Å². The Balaban J connectivity index is 5.60. The Labute approximate surface area is 286 Å². The number of aliphatic hydroxyl groups excluding tert-OH is 2. The van der Waals surface area contributed by atoms with Crippen molar-refractivity contribution in [2.75, 3.05) is 0 Å². The second-order valence-electron chi connectivity index (χ2n) is 14.8. The zero-order valence-electron chi connectivity index (χ0n) is 30.8. The maximum atomic E-state index is 13.5. The van der Waals surface area contributed by atoms with Gasteiger partial charge in [0.2, 0.25) is 29.5 Å². The van der Waals surface area contributed by atoms with Crippen molar-refractivity contribution in [3.63, 3.8) is 0 Å². The average Bonchev–Trinajstić information content (AvgIpc) is 2.91. The third-order valence-electron chi connectivity index (χ3n) is 7.69. The smallest absolute Gasteiger partial charge is 0.306 e. The fraction of sp³-hybridized carbons (Fsp3) is 0.824. The Hall–Kier alpha value is -3.26. The second kappa shape index (κ2) is 21.7. The first kappa shape index (κ1) is 44.7. The Morgan fingerprint density at radius 3 is 1.29 bits per heavy atom. The topological polar surface area (TPSA) is 223 Å². The van der Waals surface area contributed by atoms with E-state index in [1.54, 1.807) is 27.7 Å². The lowest BCUT2D eigenvalue weighted by Gasteiger charge is -2.31. The van der Waals surface area contributed by atoms with Crippen LogP contribution in [0.1, 0.15) is 108 Å².